The van der Waals surface area contributed by atoms with E-state index in [-0.39, 0.29) is 6.42 Å². The second-order valence-electron chi connectivity index (χ2n) is 5.52. The molecule has 1 heterocycles. The van der Waals surface area contributed by atoms with Gasteiger partial charge in [-0.25, -0.2) is 9.59 Å². The average Bonchev–Trinajstić information content (AvgIpc) is 2.57. The van der Waals surface area contributed by atoms with Gasteiger partial charge in [0.1, 0.15) is 5.60 Å². The van der Waals surface area contributed by atoms with Crippen LogP contribution in [0.15, 0.2) is 12.2 Å². The maximum Gasteiger partial charge on any atom is 0.407 e. The third-order valence-corrected chi connectivity index (χ3v) is 2.20. The number of ether oxygens (including phenoxy) is 1. The Morgan fingerprint density at radius 1 is 1.24 bits per heavy atom. The molecule has 0 bridgehead atoms. The molecular formula is C13H18N2O6. The summed E-state index contributed by atoms with van der Waals surface area (Å²) >= 11 is 0. The van der Waals surface area contributed by atoms with E-state index in [4.69, 9.17) is 4.74 Å². The first-order valence-electron chi connectivity index (χ1n) is 6.35. The molecule has 0 aliphatic carbocycles. The maximum absolute atomic E-state index is 11.6. The summed E-state index contributed by atoms with van der Waals surface area (Å²) in [5.74, 6) is -2.26. The lowest BCUT2D eigenvalue weighted by atomic mass is 10.2. The molecule has 8 heteroatoms. The molecule has 0 spiro atoms. The third kappa shape index (κ3) is 5.64. The van der Waals surface area contributed by atoms with Crippen LogP contribution in [-0.4, -0.2) is 40.6 Å². The Hall–Kier alpha value is -2.38. The van der Waals surface area contributed by atoms with Gasteiger partial charge in [0.25, 0.3) is 11.8 Å². The van der Waals surface area contributed by atoms with Crippen molar-refractivity contribution in [3.05, 3.63) is 12.2 Å². The highest BCUT2D eigenvalue weighted by Crippen LogP contribution is 2.08. The average molecular weight is 298 g/mol. The molecule has 1 aliphatic rings. The number of rotatable bonds is 4. The number of amides is 3. The molecule has 1 unspecified atom stereocenters. The van der Waals surface area contributed by atoms with Crippen LogP contribution in [0.5, 0.6) is 0 Å². The molecular weight excluding hydrogens is 280 g/mol. The largest absolute Gasteiger partial charge is 0.444 e. The number of alkyl carbamates (subject to hydrolysis) is 1. The van der Waals surface area contributed by atoms with Gasteiger partial charge in [-0.2, -0.15) is 0 Å². The summed E-state index contributed by atoms with van der Waals surface area (Å²) in [6.07, 6.45) is 1.12. The molecule has 0 saturated heterocycles. The Balaban J connectivity index is 2.39. The van der Waals surface area contributed by atoms with Gasteiger partial charge >= 0.3 is 12.1 Å². The Bertz CT molecular complexity index is 473. The van der Waals surface area contributed by atoms with Crippen molar-refractivity contribution in [2.75, 3.05) is 0 Å². The molecule has 0 aromatic heterocycles. The lowest BCUT2D eigenvalue weighted by Crippen LogP contribution is -2.40. The highest BCUT2D eigenvalue weighted by molar-refractivity contribution is 6.12. The summed E-state index contributed by atoms with van der Waals surface area (Å²) in [5, 5.41) is 2.81. The smallest absolute Gasteiger partial charge is 0.407 e. The summed E-state index contributed by atoms with van der Waals surface area (Å²) in [6, 6.07) is -0.576. The van der Waals surface area contributed by atoms with Crippen LogP contribution in [0.4, 0.5) is 4.79 Å². The minimum absolute atomic E-state index is 0.212. The van der Waals surface area contributed by atoms with Crippen molar-refractivity contribution < 1.29 is 28.8 Å². The molecule has 0 aromatic carbocycles. The van der Waals surface area contributed by atoms with E-state index in [2.05, 4.69) is 10.2 Å². The zero-order valence-electron chi connectivity index (χ0n) is 12.3. The number of carbonyl (C=O) groups excluding carboxylic acids is 4. The first-order valence-corrected chi connectivity index (χ1v) is 6.35. The molecule has 21 heavy (non-hydrogen) atoms. The third-order valence-electron chi connectivity index (χ3n) is 2.20. The van der Waals surface area contributed by atoms with Gasteiger partial charge in [-0.1, -0.05) is 5.06 Å². The van der Waals surface area contributed by atoms with Crippen LogP contribution >= 0.6 is 0 Å². The number of carbonyl (C=O) groups is 4. The summed E-state index contributed by atoms with van der Waals surface area (Å²) in [6.45, 7) is 6.70. The summed E-state index contributed by atoms with van der Waals surface area (Å²) in [5.41, 5.74) is -0.648. The molecule has 0 saturated carbocycles. The van der Waals surface area contributed by atoms with E-state index in [0.717, 1.165) is 12.2 Å². The quantitative estimate of drug-likeness (QED) is 0.765. The number of hydrogen-bond donors (Lipinski definition) is 1. The Morgan fingerprint density at radius 3 is 2.24 bits per heavy atom. The van der Waals surface area contributed by atoms with Crippen molar-refractivity contribution >= 4 is 23.9 Å². The molecule has 1 atom stereocenters. The first-order chi connectivity index (χ1) is 9.58. The van der Waals surface area contributed by atoms with E-state index in [1.165, 1.54) is 0 Å². The number of nitrogens with zero attached hydrogens (tertiary/aromatic N) is 1. The number of nitrogens with one attached hydrogen (secondary N) is 1. The summed E-state index contributed by atoms with van der Waals surface area (Å²) < 4.78 is 5.03. The van der Waals surface area contributed by atoms with Gasteiger partial charge in [0.2, 0.25) is 0 Å². The fourth-order valence-electron chi connectivity index (χ4n) is 1.43. The highest BCUT2D eigenvalue weighted by Gasteiger charge is 2.28. The van der Waals surface area contributed by atoms with Crippen LogP contribution < -0.4 is 5.32 Å². The van der Waals surface area contributed by atoms with Crippen LogP contribution in [0.3, 0.4) is 0 Å². The lowest BCUT2D eigenvalue weighted by Gasteiger charge is -2.22. The van der Waals surface area contributed by atoms with Crippen molar-refractivity contribution in [3.8, 4) is 0 Å². The normalized spacial score (nSPS) is 15.9. The van der Waals surface area contributed by atoms with Gasteiger partial charge in [-0.3, -0.25) is 9.59 Å². The Kier molecular flexibility index (Phi) is 5.07. The maximum atomic E-state index is 11.6. The van der Waals surface area contributed by atoms with Gasteiger partial charge in [0.05, 0.1) is 6.42 Å². The predicted octanol–water partition coefficient (Wildman–Crippen LogP) is 0.673. The second kappa shape index (κ2) is 6.38. The SMILES string of the molecule is CC(CC(=O)ON1C(=O)C=CC1=O)NC(=O)OC(C)(C)C. The van der Waals surface area contributed by atoms with E-state index in [9.17, 15) is 19.2 Å². The molecule has 3 amide bonds. The van der Waals surface area contributed by atoms with Gasteiger partial charge in [0.15, 0.2) is 0 Å². The molecule has 0 aromatic rings. The fourth-order valence-corrected chi connectivity index (χ4v) is 1.43. The van der Waals surface area contributed by atoms with E-state index in [1.54, 1.807) is 27.7 Å². The second-order valence-corrected chi connectivity index (χ2v) is 5.52. The molecule has 8 nitrogen and oxygen atoms in total. The van der Waals surface area contributed by atoms with E-state index in [1.807, 2.05) is 0 Å². The van der Waals surface area contributed by atoms with E-state index >= 15 is 0 Å². The predicted molar refractivity (Wildman–Crippen MR) is 70.5 cm³/mol. The Labute approximate surface area is 122 Å². The number of imide groups is 1. The molecule has 1 N–H and O–H groups in total. The van der Waals surface area contributed by atoms with Crippen molar-refractivity contribution in [3.63, 3.8) is 0 Å². The van der Waals surface area contributed by atoms with Gasteiger partial charge in [-0.15, -0.1) is 0 Å². The van der Waals surface area contributed by atoms with Crippen molar-refractivity contribution in [1.82, 2.24) is 10.4 Å². The van der Waals surface area contributed by atoms with Gasteiger partial charge in [0, 0.05) is 18.2 Å². The van der Waals surface area contributed by atoms with Crippen LogP contribution in [0.2, 0.25) is 0 Å². The highest BCUT2D eigenvalue weighted by atomic mass is 16.7. The van der Waals surface area contributed by atoms with Crippen molar-refractivity contribution in [2.24, 2.45) is 0 Å². The molecule has 0 fully saturated rings. The first kappa shape index (κ1) is 16.7. The number of hydroxylamine groups is 2. The minimum Gasteiger partial charge on any atom is -0.444 e. The van der Waals surface area contributed by atoms with Gasteiger partial charge < -0.3 is 14.9 Å². The Morgan fingerprint density at radius 2 is 1.76 bits per heavy atom. The summed E-state index contributed by atoms with van der Waals surface area (Å²) in [4.78, 5) is 50.1. The zero-order chi connectivity index (χ0) is 16.2. The van der Waals surface area contributed by atoms with Gasteiger partial charge in [-0.05, 0) is 27.7 Å². The van der Waals surface area contributed by atoms with Crippen LogP contribution in [0.25, 0.3) is 0 Å². The molecule has 0 radical (unpaired) electrons. The van der Waals surface area contributed by atoms with Crippen molar-refractivity contribution in [2.45, 2.75) is 45.8 Å². The monoisotopic (exact) mass is 298 g/mol. The van der Waals surface area contributed by atoms with E-state index in [0.29, 0.717) is 5.06 Å². The van der Waals surface area contributed by atoms with E-state index < -0.39 is 35.5 Å². The lowest BCUT2D eigenvalue weighted by molar-refractivity contribution is -0.196. The number of hydrogen-bond acceptors (Lipinski definition) is 6. The standard InChI is InChI=1S/C13H18N2O6/c1-8(14-12(19)20-13(2,3)4)7-11(18)21-15-9(16)5-6-10(15)17/h5-6,8H,7H2,1-4H3,(H,14,19). The summed E-state index contributed by atoms with van der Waals surface area (Å²) in [7, 11) is 0. The zero-order valence-corrected chi connectivity index (χ0v) is 12.3. The minimum atomic E-state index is -0.816. The topological polar surface area (TPSA) is 102 Å². The van der Waals surface area contributed by atoms with Crippen LogP contribution in [0, 0.1) is 0 Å². The molecule has 1 aliphatic heterocycles. The molecule has 1 rings (SSSR count). The van der Waals surface area contributed by atoms with Crippen molar-refractivity contribution in [1.29, 1.82) is 0 Å². The molecule has 116 valence electrons. The fraction of sp³-hybridized carbons (Fsp3) is 0.538. The van der Waals surface area contributed by atoms with Crippen LogP contribution in [-0.2, 0) is 24.0 Å². The van der Waals surface area contributed by atoms with Crippen LogP contribution in [0.1, 0.15) is 34.1 Å².